The minimum Gasteiger partial charge on any atom is -0.380 e. The number of hydrogen-bond donors (Lipinski definition) is 1. The highest BCUT2D eigenvalue weighted by molar-refractivity contribution is 5.27. The van der Waals surface area contributed by atoms with E-state index in [4.69, 9.17) is 4.74 Å². The predicted molar refractivity (Wildman–Crippen MR) is 86.1 cm³/mol. The molecule has 3 heteroatoms. The van der Waals surface area contributed by atoms with Crippen molar-refractivity contribution in [1.29, 1.82) is 0 Å². The highest BCUT2D eigenvalue weighted by Crippen LogP contribution is 2.11. The molecule has 0 saturated heterocycles. The third-order valence-electron chi connectivity index (χ3n) is 3.33. The number of rotatable bonds is 10. The van der Waals surface area contributed by atoms with E-state index in [1.807, 2.05) is 6.92 Å². The van der Waals surface area contributed by atoms with Crippen LogP contribution in [0.25, 0.3) is 0 Å². The number of hydrogen-bond acceptors (Lipinski definition) is 3. The lowest BCUT2D eigenvalue weighted by atomic mass is 10.0. The highest BCUT2D eigenvalue weighted by atomic mass is 16.5. The van der Waals surface area contributed by atoms with Gasteiger partial charge in [-0.2, -0.15) is 0 Å². The highest BCUT2D eigenvalue weighted by Gasteiger charge is 2.05. The summed E-state index contributed by atoms with van der Waals surface area (Å²) in [6, 6.07) is 9.30. The van der Waals surface area contributed by atoms with Gasteiger partial charge in [-0.15, -0.1) is 0 Å². The molecule has 114 valence electrons. The van der Waals surface area contributed by atoms with Gasteiger partial charge < -0.3 is 10.1 Å². The largest absolute Gasteiger partial charge is 0.380 e. The number of nitrogens with zero attached hydrogens (tertiary/aromatic N) is 1. The minimum atomic E-state index is 0.552. The molecule has 0 saturated carbocycles. The van der Waals surface area contributed by atoms with Gasteiger partial charge in [0.05, 0.1) is 6.61 Å². The molecular weight excluding hydrogens is 248 g/mol. The van der Waals surface area contributed by atoms with Crippen LogP contribution in [0.5, 0.6) is 0 Å². The van der Waals surface area contributed by atoms with Crippen LogP contribution in [0, 0.1) is 0 Å². The van der Waals surface area contributed by atoms with Crippen LogP contribution in [-0.2, 0) is 17.7 Å². The quantitative estimate of drug-likeness (QED) is 0.666. The van der Waals surface area contributed by atoms with Gasteiger partial charge in [-0.25, -0.2) is 0 Å². The Morgan fingerprint density at radius 1 is 1.20 bits per heavy atom. The number of likely N-dealkylation sites (N-methyl/N-ethyl adjacent to an activating group) is 1. The lowest BCUT2D eigenvalue weighted by Crippen LogP contribution is -2.26. The third kappa shape index (κ3) is 7.04. The lowest BCUT2D eigenvalue weighted by molar-refractivity contribution is 0.120. The first-order chi connectivity index (χ1) is 9.63. The van der Waals surface area contributed by atoms with E-state index >= 15 is 0 Å². The van der Waals surface area contributed by atoms with E-state index in [0.29, 0.717) is 6.04 Å². The Labute approximate surface area is 124 Å². The Bertz CT molecular complexity index is 366. The van der Waals surface area contributed by atoms with Crippen molar-refractivity contribution >= 4 is 0 Å². The maximum atomic E-state index is 5.41. The second-order valence-corrected chi connectivity index (χ2v) is 5.56. The fraction of sp³-hybridized carbons (Fsp3) is 0.647. The van der Waals surface area contributed by atoms with Gasteiger partial charge in [-0.1, -0.05) is 38.1 Å². The number of benzene rings is 1. The number of nitrogens with one attached hydrogen (secondary N) is 1. The van der Waals surface area contributed by atoms with Crippen molar-refractivity contribution in [2.75, 3.05) is 33.4 Å². The smallest absolute Gasteiger partial charge is 0.0593 e. The van der Waals surface area contributed by atoms with Crippen LogP contribution in [0.3, 0.4) is 0 Å². The molecule has 0 bridgehead atoms. The molecule has 20 heavy (non-hydrogen) atoms. The van der Waals surface area contributed by atoms with E-state index in [0.717, 1.165) is 39.3 Å². The van der Waals surface area contributed by atoms with Crippen LogP contribution < -0.4 is 5.32 Å². The Hall–Kier alpha value is -0.900. The lowest BCUT2D eigenvalue weighted by Gasteiger charge is -2.19. The second-order valence-electron chi connectivity index (χ2n) is 5.56. The minimum absolute atomic E-state index is 0.552. The van der Waals surface area contributed by atoms with Gasteiger partial charge in [-0.05, 0) is 38.1 Å². The number of ether oxygens (including phenoxy) is 1. The summed E-state index contributed by atoms with van der Waals surface area (Å²) in [5.74, 6) is 0. The summed E-state index contributed by atoms with van der Waals surface area (Å²) < 4.78 is 5.41. The summed E-state index contributed by atoms with van der Waals surface area (Å²) in [5.41, 5.74) is 2.88. The van der Waals surface area contributed by atoms with Crippen LogP contribution in [0.2, 0.25) is 0 Å². The van der Waals surface area contributed by atoms with E-state index in [9.17, 15) is 0 Å². The summed E-state index contributed by atoms with van der Waals surface area (Å²) in [5, 5.41) is 3.48. The summed E-state index contributed by atoms with van der Waals surface area (Å²) in [6.07, 6.45) is 1.09. The van der Waals surface area contributed by atoms with Crippen LogP contribution >= 0.6 is 0 Å². The van der Waals surface area contributed by atoms with E-state index < -0.39 is 0 Å². The fourth-order valence-corrected chi connectivity index (χ4v) is 2.19. The molecule has 0 amide bonds. The average Bonchev–Trinajstić information content (AvgIpc) is 2.40. The molecule has 0 heterocycles. The first kappa shape index (κ1) is 17.2. The van der Waals surface area contributed by atoms with Gasteiger partial charge in [0.2, 0.25) is 0 Å². The summed E-state index contributed by atoms with van der Waals surface area (Å²) in [4.78, 5) is 2.32. The molecule has 1 aromatic rings. The van der Waals surface area contributed by atoms with Gasteiger partial charge in [0, 0.05) is 25.7 Å². The molecular formula is C17H30N2O. The maximum absolute atomic E-state index is 5.41. The van der Waals surface area contributed by atoms with E-state index in [1.54, 1.807) is 0 Å². The Kier molecular flexibility index (Phi) is 8.51. The van der Waals surface area contributed by atoms with Crippen molar-refractivity contribution in [3.05, 3.63) is 35.4 Å². The van der Waals surface area contributed by atoms with Crippen LogP contribution in [0.15, 0.2) is 24.3 Å². The van der Waals surface area contributed by atoms with E-state index in [-0.39, 0.29) is 0 Å². The van der Waals surface area contributed by atoms with Crippen molar-refractivity contribution in [2.45, 2.75) is 39.8 Å². The van der Waals surface area contributed by atoms with E-state index in [2.05, 4.69) is 55.4 Å². The molecule has 1 rings (SSSR count). The Balaban J connectivity index is 2.47. The molecule has 1 N–H and O–H groups in total. The fourth-order valence-electron chi connectivity index (χ4n) is 2.19. The van der Waals surface area contributed by atoms with Gasteiger partial charge in [-0.3, -0.25) is 4.90 Å². The van der Waals surface area contributed by atoms with Crippen LogP contribution in [0.4, 0.5) is 0 Å². The molecule has 0 aliphatic heterocycles. The topological polar surface area (TPSA) is 24.5 Å². The van der Waals surface area contributed by atoms with Gasteiger partial charge >= 0.3 is 0 Å². The predicted octanol–water partition coefficient (Wildman–Crippen LogP) is 2.70. The maximum Gasteiger partial charge on any atom is 0.0593 e. The zero-order valence-corrected chi connectivity index (χ0v) is 13.5. The normalized spacial score (nSPS) is 11.5. The molecule has 0 aliphatic rings. The van der Waals surface area contributed by atoms with Crippen molar-refractivity contribution in [1.82, 2.24) is 10.2 Å². The van der Waals surface area contributed by atoms with Crippen molar-refractivity contribution in [3.8, 4) is 0 Å². The van der Waals surface area contributed by atoms with Crippen molar-refractivity contribution in [2.24, 2.45) is 0 Å². The standard InChI is InChI=1S/C17H30N2O/c1-5-20-13-12-19(4)14-17-9-7-6-8-16(17)10-11-18-15(2)3/h6-9,15,18H,5,10-14H2,1-4H3. The molecule has 3 nitrogen and oxygen atoms in total. The Morgan fingerprint density at radius 3 is 2.55 bits per heavy atom. The monoisotopic (exact) mass is 278 g/mol. The first-order valence-electron chi connectivity index (χ1n) is 7.70. The third-order valence-corrected chi connectivity index (χ3v) is 3.33. The van der Waals surface area contributed by atoms with Crippen molar-refractivity contribution < 1.29 is 4.74 Å². The molecule has 0 aliphatic carbocycles. The van der Waals surface area contributed by atoms with Gasteiger partial charge in [0.15, 0.2) is 0 Å². The molecule has 0 atom stereocenters. The first-order valence-corrected chi connectivity index (χ1v) is 7.70. The van der Waals surface area contributed by atoms with Gasteiger partial charge in [0.25, 0.3) is 0 Å². The Morgan fingerprint density at radius 2 is 1.90 bits per heavy atom. The summed E-state index contributed by atoms with van der Waals surface area (Å²) in [7, 11) is 2.15. The molecule has 0 spiro atoms. The van der Waals surface area contributed by atoms with Crippen LogP contribution in [0.1, 0.15) is 31.9 Å². The molecule has 0 aromatic heterocycles. The molecule has 1 aromatic carbocycles. The zero-order valence-electron chi connectivity index (χ0n) is 13.5. The SMILES string of the molecule is CCOCCN(C)Cc1ccccc1CCNC(C)C. The summed E-state index contributed by atoms with van der Waals surface area (Å²) in [6.45, 7) is 11.0. The van der Waals surface area contributed by atoms with Crippen LogP contribution in [-0.4, -0.2) is 44.3 Å². The second kappa shape index (κ2) is 9.92. The molecule has 0 fully saturated rings. The van der Waals surface area contributed by atoms with Crippen molar-refractivity contribution in [3.63, 3.8) is 0 Å². The molecule has 0 unspecified atom stereocenters. The summed E-state index contributed by atoms with van der Waals surface area (Å²) >= 11 is 0. The zero-order chi connectivity index (χ0) is 14.8. The van der Waals surface area contributed by atoms with E-state index in [1.165, 1.54) is 11.1 Å². The average molecular weight is 278 g/mol. The van der Waals surface area contributed by atoms with Gasteiger partial charge in [0.1, 0.15) is 0 Å². The molecule has 0 radical (unpaired) electrons.